The maximum Gasteiger partial charge on any atom is 0.134 e. The van der Waals surface area contributed by atoms with Gasteiger partial charge in [0.2, 0.25) is 0 Å². The van der Waals surface area contributed by atoms with E-state index in [4.69, 9.17) is 4.74 Å². The first-order chi connectivity index (χ1) is 10.3. The molecular formula is C17H22N2O2. The van der Waals surface area contributed by atoms with Crippen molar-refractivity contribution < 1.29 is 9.84 Å². The third-order valence-corrected chi connectivity index (χ3v) is 4.44. The Labute approximate surface area is 125 Å². The molecule has 2 N–H and O–H groups in total. The lowest BCUT2D eigenvalue weighted by molar-refractivity contribution is 0.178. The first kappa shape index (κ1) is 14.1. The topological polar surface area (TPSA) is 54.4 Å². The number of ether oxygens (including phenoxy) is 1. The van der Waals surface area contributed by atoms with E-state index in [0.717, 1.165) is 35.2 Å². The fraction of sp³-hybridized carbons (Fsp3) is 0.471. The zero-order valence-electron chi connectivity index (χ0n) is 12.4. The molecule has 3 rings (SSSR count). The predicted molar refractivity (Wildman–Crippen MR) is 84.7 cm³/mol. The Morgan fingerprint density at radius 1 is 1.29 bits per heavy atom. The van der Waals surface area contributed by atoms with E-state index in [2.05, 4.69) is 10.3 Å². The molecule has 1 aromatic heterocycles. The lowest BCUT2D eigenvalue weighted by atomic mass is 9.85. The maximum atomic E-state index is 9.54. The number of nitrogens with one attached hydrogen (secondary N) is 1. The van der Waals surface area contributed by atoms with E-state index in [1.165, 1.54) is 12.8 Å². The van der Waals surface area contributed by atoms with Gasteiger partial charge in [-0.3, -0.25) is 0 Å². The molecule has 1 aromatic carbocycles. The number of rotatable bonds is 4. The summed E-state index contributed by atoms with van der Waals surface area (Å²) in [5.74, 6) is 2.08. The number of anilines is 1. The summed E-state index contributed by atoms with van der Waals surface area (Å²) in [6, 6.07) is 8.32. The number of pyridine rings is 1. The van der Waals surface area contributed by atoms with Gasteiger partial charge in [0.05, 0.1) is 7.11 Å². The van der Waals surface area contributed by atoms with Crippen molar-refractivity contribution in [3.05, 3.63) is 30.5 Å². The van der Waals surface area contributed by atoms with Crippen LogP contribution in [0, 0.1) is 5.92 Å². The molecule has 0 radical (unpaired) electrons. The molecule has 0 saturated heterocycles. The van der Waals surface area contributed by atoms with E-state index in [1.54, 1.807) is 7.11 Å². The van der Waals surface area contributed by atoms with Gasteiger partial charge in [-0.05, 0) is 42.5 Å². The standard InChI is InChI=1S/C17H22N2O2/c1-21-14-6-7-15-12(10-14)8-9-18-17(15)19-16-5-3-2-4-13(16)11-20/h6-10,13,16,20H,2-5,11H2,1H3,(H,18,19). The van der Waals surface area contributed by atoms with Crippen LogP contribution in [-0.2, 0) is 0 Å². The number of methoxy groups -OCH3 is 1. The van der Waals surface area contributed by atoms with Crippen LogP contribution in [-0.4, -0.2) is 29.8 Å². The summed E-state index contributed by atoms with van der Waals surface area (Å²) < 4.78 is 5.27. The fourth-order valence-electron chi connectivity index (χ4n) is 3.19. The summed E-state index contributed by atoms with van der Waals surface area (Å²) in [6.07, 6.45) is 6.43. The molecule has 2 aromatic rings. The minimum atomic E-state index is 0.246. The van der Waals surface area contributed by atoms with E-state index >= 15 is 0 Å². The molecule has 1 heterocycles. The number of aliphatic hydroxyl groups is 1. The Bertz CT molecular complexity index is 615. The highest BCUT2D eigenvalue weighted by Crippen LogP contribution is 2.30. The summed E-state index contributed by atoms with van der Waals surface area (Å²) in [5, 5.41) is 15.3. The van der Waals surface area contributed by atoms with Crippen LogP contribution in [0.3, 0.4) is 0 Å². The predicted octanol–water partition coefficient (Wildman–Crippen LogP) is 3.21. The van der Waals surface area contributed by atoms with Crippen molar-refractivity contribution in [1.29, 1.82) is 0 Å². The zero-order valence-corrected chi connectivity index (χ0v) is 12.4. The van der Waals surface area contributed by atoms with Gasteiger partial charge in [-0.2, -0.15) is 0 Å². The molecule has 4 nitrogen and oxygen atoms in total. The van der Waals surface area contributed by atoms with Crippen LogP contribution >= 0.6 is 0 Å². The second-order valence-corrected chi connectivity index (χ2v) is 5.72. The smallest absolute Gasteiger partial charge is 0.134 e. The number of fused-ring (bicyclic) bond motifs is 1. The molecule has 0 bridgehead atoms. The van der Waals surface area contributed by atoms with E-state index in [9.17, 15) is 5.11 Å². The molecular weight excluding hydrogens is 264 g/mol. The Morgan fingerprint density at radius 2 is 2.14 bits per heavy atom. The van der Waals surface area contributed by atoms with Crippen molar-refractivity contribution in [3.8, 4) is 5.75 Å². The Kier molecular flexibility index (Phi) is 4.25. The lowest BCUT2D eigenvalue weighted by Gasteiger charge is -2.31. The summed E-state index contributed by atoms with van der Waals surface area (Å²) in [6.45, 7) is 0.246. The van der Waals surface area contributed by atoms with Gasteiger partial charge in [0.1, 0.15) is 11.6 Å². The highest BCUT2D eigenvalue weighted by Gasteiger charge is 2.25. The Hall–Kier alpha value is -1.81. The van der Waals surface area contributed by atoms with Crippen LogP contribution in [0.15, 0.2) is 30.5 Å². The average Bonchev–Trinajstić information content (AvgIpc) is 2.55. The van der Waals surface area contributed by atoms with E-state index in [0.29, 0.717) is 12.0 Å². The number of nitrogens with zero attached hydrogens (tertiary/aromatic N) is 1. The van der Waals surface area contributed by atoms with Gasteiger partial charge in [-0.25, -0.2) is 4.98 Å². The van der Waals surface area contributed by atoms with Crippen molar-refractivity contribution >= 4 is 16.6 Å². The highest BCUT2D eigenvalue weighted by molar-refractivity contribution is 5.92. The van der Waals surface area contributed by atoms with Gasteiger partial charge in [0.15, 0.2) is 0 Å². The van der Waals surface area contributed by atoms with E-state index < -0.39 is 0 Å². The van der Waals surface area contributed by atoms with Crippen molar-refractivity contribution in [1.82, 2.24) is 4.98 Å². The van der Waals surface area contributed by atoms with Crippen LogP contribution < -0.4 is 10.1 Å². The molecule has 0 amide bonds. The molecule has 2 atom stereocenters. The molecule has 4 heteroatoms. The van der Waals surface area contributed by atoms with E-state index in [1.807, 2.05) is 30.5 Å². The van der Waals surface area contributed by atoms with Crippen LogP contribution in [0.1, 0.15) is 25.7 Å². The van der Waals surface area contributed by atoms with Crippen molar-refractivity contribution in [2.45, 2.75) is 31.7 Å². The van der Waals surface area contributed by atoms with Gasteiger partial charge in [0, 0.05) is 30.1 Å². The molecule has 112 valence electrons. The van der Waals surface area contributed by atoms with Crippen molar-refractivity contribution in [3.63, 3.8) is 0 Å². The monoisotopic (exact) mass is 286 g/mol. The molecule has 21 heavy (non-hydrogen) atoms. The van der Waals surface area contributed by atoms with Gasteiger partial charge in [0.25, 0.3) is 0 Å². The molecule has 1 fully saturated rings. The number of hydrogen-bond acceptors (Lipinski definition) is 4. The van der Waals surface area contributed by atoms with Crippen LogP contribution in [0.4, 0.5) is 5.82 Å². The Morgan fingerprint density at radius 3 is 2.95 bits per heavy atom. The fourth-order valence-corrected chi connectivity index (χ4v) is 3.19. The number of aromatic nitrogens is 1. The van der Waals surface area contributed by atoms with Crippen LogP contribution in [0.5, 0.6) is 5.75 Å². The minimum absolute atomic E-state index is 0.246. The Balaban J connectivity index is 1.89. The summed E-state index contributed by atoms with van der Waals surface area (Å²) in [5.41, 5.74) is 0. The number of aliphatic hydroxyl groups excluding tert-OH is 1. The summed E-state index contributed by atoms with van der Waals surface area (Å²) in [4.78, 5) is 4.49. The average molecular weight is 286 g/mol. The number of benzene rings is 1. The second kappa shape index (κ2) is 6.31. The summed E-state index contributed by atoms with van der Waals surface area (Å²) in [7, 11) is 1.68. The third kappa shape index (κ3) is 2.95. The molecule has 0 aliphatic heterocycles. The van der Waals surface area contributed by atoms with Crippen molar-refractivity contribution in [2.75, 3.05) is 19.0 Å². The molecule has 1 saturated carbocycles. The minimum Gasteiger partial charge on any atom is -0.497 e. The first-order valence-electron chi connectivity index (χ1n) is 7.62. The van der Waals surface area contributed by atoms with E-state index in [-0.39, 0.29) is 6.61 Å². The SMILES string of the molecule is COc1ccc2c(NC3CCCCC3CO)nccc2c1. The lowest BCUT2D eigenvalue weighted by Crippen LogP contribution is -2.34. The van der Waals surface area contributed by atoms with Gasteiger partial charge in [-0.1, -0.05) is 12.8 Å². The summed E-state index contributed by atoms with van der Waals surface area (Å²) >= 11 is 0. The molecule has 0 spiro atoms. The largest absolute Gasteiger partial charge is 0.497 e. The third-order valence-electron chi connectivity index (χ3n) is 4.44. The highest BCUT2D eigenvalue weighted by atomic mass is 16.5. The quantitative estimate of drug-likeness (QED) is 0.906. The first-order valence-corrected chi connectivity index (χ1v) is 7.62. The van der Waals surface area contributed by atoms with Gasteiger partial charge < -0.3 is 15.2 Å². The molecule has 1 aliphatic rings. The normalized spacial score (nSPS) is 22.2. The maximum absolute atomic E-state index is 9.54. The zero-order chi connectivity index (χ0) is 14.7. The molecule has 2 unspecified atom stereocenters. The van der Waals surface area contributed by atoms with Crippen LogP contribution in [0.2, 0.25) is 0 Å². The van der Waals surface area contributed by atoms with Gasteiger partial charge >= 0.3 is 0 Å². The van der Waals surface area contributed by atoms with Gasteiger partial charge in [-0.15, -0.1) is 0 Å². The van der Waals surface area contributed by atoms with Crippen LogP contribution in [0.25, 0.3) is 10.8 Å². The second-order valence-electron chi connectivity index (χ2n) is 5.72. The number of hydrogen-bond donors (Lipinski definition) is 2. The molecule has 1 aliphatic carbocycles. The van der Waals surface area contributed by atoms with Crippen molar-refractivity contribution in [2.24, 2.45) is 5.92 Å².